The third-order valence-electron chi connectivity index (χ3n) is 2.46. The van der Waals surface area contributed by atoms with E-state index in [-0.39, 0.29) is 11.9 Å². The van der Waals surface area contributed by atoms with Gasteiger partial charge in [0.1, 0.15) is 11.9 Å². The van der Waals surface area contributed by atoms with Crippen molar-refractivity contribution in [3.05, 3.63) is 64.1 Å². The molecule has 1 atom stereocenters. The number of pyridine rings is 1. The minimum atomic E-state index is -0.307. The Morgan fingerprint density at radius 3 is 2.56 bits per heavy atom. The third-order valence-corrected chi connectivity index (χ3v) is 3.18. The fourth-order valence-corrected chi connectivity index (χ4v) is 2.12. The number of hydrogen-bond donors (Lipinski definition) is 0. The van der Waals surface area contributed by atoms with Gasteiger partial charge in [-0.15, -0.1) is 0 Å². The van der Waals surface area contributed by atoms with Gasteiger partial charge >= 0.3 is 0 Å². The maximum Gasteiger partial charge on any atom is 0.137 e. The maximum absolute atomic E-state index is 13.2. The van der Waals surface area contributed by atoms with Gasteiger partial charge in [0.15, 0.2) is 0 Å². The first kappa shape index (κ1) is 13.0. The number of aromatic nitrogens is 1. The molecule has 0 bridgehead atoms. The zero-order chi connectivity index (χ0) is 13.0. The van der Waals surface area contributed by atoms with E-state index >= 15 is 0 Å². The van der Waals surface area contributed by atoms with Crippen molar-refractivity contribution in [1.29, 1.82) is 0 Å². The van der Waals surface area contributed by atoms with Crippen molar-refractivity contribution in [2.75, 3.05) is 0 Å². The highest BCUT2D eigenvalue weighted by Gasteiger charge is 2.13. The van der Waals surface area contributed by atoms with Crippen molar-refractivity contribution in [3.63, 3.8) is 0 Å². The molecule has 5 heteroatoms. The van der Waals surface area contributed by atoms with Crippen LogP contribution in [0.25, 0.3) is 0 Å². The molecule has 0 radical (unpaired) electrons. The molecule has 1 heterocycles. The minimum absolute atomic E-state index is 0.289. The Labute approximate surface area is 118 Å². The van der Waals surface area contributed by atoms with Crippen LogP contribution in [-0.4, -0.2) is 10.1 Å². The number of rotatable bonds is 3. The largest absolute Gasteiger partial charge is 0.265 e. The molecule has 2 rings (SSSR count). The Bertz CT molecular complexity index is 597. The molecule has 1 aromatic carbocycles. The van der Waals surface area contributed by atoms with Crippen LogP contribution < -0.4 is 0 Å². The summed E-state index contributed by atoms with van der Waals surface area (Å²) in [6, 6.07) is 8.17. The molecule has 18 heavy (non-hydrogen) atoms. The molecule has 0 N–H and O–H groups in total. The number of benzene rings is 1. The number of aliphatic imine (C=N–C) groups is 1. The highest BCUT2D eigenvalue weighted by atomic mass is 79.9. The maximum atomic E-state index is 13.2. The third kappa shape index (κ3) is 2.88. The second-order valence-electron chi connectivity index (χ2n) is 3.58. The predicted molar refractivity (Wildman–Crippen MR) is 75.2 cm³/mol. The van der Waals surface area contributed by atoms with E-state index in [4.69, 9.17) is 0 Å². The van der Waals surface area contributed by atoms with Crippen molar-refractivity contribution in [1.82, 2.24) is 4.98 Å². The van der Waals surface area contributed by atoms with Crippen LogP contribution in [-0.2, 0) is 0 Å². The molecule has 0 fully saturated rings. The molecule has 90 valence electrons. The summed E-state index contributed by atoms with van der Waals surface area (Å²) in [6.45, 7) is 0. The summed E-state index contributed by atoms with van der Waals surface area (Å²) >= 11 is 7.83. The molecule has 1 aromatic heterocycles. The molecule has 0 saturated heterocycles. The number of hydrogen-bond acceptors (Lipinski definition) is 3. The zero-order valence-electron chi connectivity index (χ0n) is 9.18. The van der Waals surface area contributed by atoms with E-state index in [1.54, 1.807) is 24.5 Å². The second kappa shape index (κ2) is 5.96. The normalized spacial score (nSPS) is 11.7. The summed E-state index contributed by atoms with van der Waals surface area (Å²) < 4.78 is 13.6. The van der Waals surface area contributed by atoms with Gasteiger partial charge in [-0.2, -0.15) is 0 Å². The van der Waals surface area contributed by atoms with Gasteiger partial charge in [-0.1, -0.05) is 6.07 Å². The average Bonchev–Trinajstić information content (AvgIpc) is 2.40. The molecule has 2 aromatic rings. The van der Waals surface area contributed by atoms with Crippen molar-refractivity contribution in [2.45, 2.75) is 6.04 Å². The Morgan fingerprint density at radius 2 is 1.94 bits per heavy atom. The summed E-state index contributed by atoms with van der Waals surface area (Å²) in [7, 11) is 0. The van der Waals surface area contributed by atoms with Crippen LogP contribution in [0, 0.1) is 5.82 Å². The lowest BCUT2D eigenvalue weighted by molar-refractivity contribution is 0.619. The van der Waals surface area contributed by atoms with Crippen LogP contribution in [0.2, 0.25) is 0 Å². The van der Waals surface area contributed by atoms with Gasteiger partial charge in [0.2, 0.25) is 0 Å². The molecule has 0 amide bonds. The van der Waals surface area contributed by atoms with Crippen molar-refractivity contribution in [3.8, 4) is 0 Å². The van der Waals surface area contributed by atoms with Gasteiger partial charge in [-0.3, -0.25) is 4.98 Å². The lowest BCUT2D eigenvalue weighted by atomic mass is 10.0. The lowest BCUT2D eigenvalue weighted by Gasteiger charge is -2.12. The number of nitrogens with zero attached hydrogens (tertiary/aromatic N) is 2. The number of halogens is 2. The fraction of sp³-hybridized carbons (Fsp3) is 0.0769. The van der Waals surface area contributed by atoms with Gasteiger partial charge in [-0.25, -0.2) is 9.38 Å². The van der Waals surface area contributed by atoms with Crippen LogP contribution in [0.4, 0.5) is 4.39 Å². The van der Waals surface area contributed by atoms with E-state index < -0.39 is 0 Å². The SMILES string of the molecule is Fc1ccc(C(N=C=S)c2ccncc2)cc1Br. The molecule has 0 aliphatic heterocycles. The van der Waals surface area contributed by atoms with Gasteiger partial charge in [-0.05, 0) is 63.5 Å². The van der Waals surface area contributed by atoms with E-state index in [0.717, 1.165) is 11.1 Å². The first-order chi connectivity index (χ1) is 8.72. The van der Waals surface area contributed by atoms with Crippen LogP contribution in [0.3, 0.4) is 0 Å². The molecule has 2 nitrogen and oxygen atoms in total. The standard InChI is InChI=1S/C13H8BrFN2S/c14-11-7-10(1-2-12(11)15)13(17-8-18)9-3-5-16-6-4-9/h1-7,13H. The van der Waals surface area contributed by atoms with E-state index in [1.165, 1.54) is 6.07 Å². The number of isothiocyanates is 1. The lowest BCUT2D eigenvalue weighted by Crippen LogP contribution is -1.98. The monoisotopic (exact) mass is 322 g/mol. The second-order valence-corrected chi connectivity index (χ2v) is 4.61. The van der Waals surface area contributed by atoms with E-state index in [2.05, 4.69) is 43.3 Å². The smallest absolute Gasteiger partial charge is 0.137 e. The van der Waals surface area contributed by atoms with Crippen molar-refractivity contribution < 1.29 is 4.39 Å². The molecule has 0 aliphatic carbocycles. The fourth-order valence-electron chi connectivity index (χ4n) is 1.62. The summed E-state index contributed by atoms with van der Waals surface area (Å²) in [5.74, 6) is -0.307. The highest BCUT2D eigenvalue weighted by molar-refractivity contribution is 9.10. The quantitative estimate of drug-likeness (QED) is 0.625. The minimum Gasteiger partial charge on any atom is -0.265 e. The van der Waals surface area contributed by atoms with Crippen LogP contribution in [0.1, 0.15) is 17.2 Å². The van der Waals surface area contributed by atoms with E-state index in [9.17, 15) is 4.39 Å². The summed E-state index contributed by atoms with van der Waals surface area (Å²) in [4.78, 5) is 8.09. The Morgan fingerprint density at radius 1 is 1.22 bits per heavy atom. The van der Waals surface area contributed by atoms with Gasteiger partial charge < -0.3 is 0 Å². The van der Waals surface area contributed by atoms with Crippen LogP contribution in [0.5, 0.6) is 0 Å². The summed E-state index contributed by atoms with van der Waals surface area (Å²) in [6.07, 6.45) is 3.36. The molecule has 0 saturated carbocycles. The molecular formula is C13H8BrFN2S. The topological polar surface area (TPSA) is 25.2 Å². The summed E-state index contributed by atoms with van der Waals surface area (Å²) in [5, 5.41) is 2.38. The zero-order valence-corrected chi connectivity index (χ0v) is 11.6. The number of thiocarbonyl (C=S) groups is 1. The highest BCUT2D eigenvalue weighted by Crippen LogP contribution is 2.28. The van der Waals surface area contributed by atoms with Crippen LogP contribution >= 0.6 is 28.1 Å². The van der Waals surface area contributed by atoms with E-state index in [0.29, 0.717) is 4.47 Å². The molecule has 1 unspecified atom stereocenters. The van der Waals surface area contributed by atoms with Gasteiger partial charge in [0.05, 0.1) is 9.63 Å². The van der Waals surface area contributed by atoms with Crippen molar-refractivity contribution in [2.24, 2.45) is 4.99 Å². The van der Waals surface area contributed by atoms with Crippen molar-refractivity contribution >= 4 is 33.3 Å². The predicted octanol–water partition coefficient (Wildman–Crippen LogP) is 4.18. The Kier molecular flexibility index (Phi) is 4.31. The summed E-state index contributed by atoms with van der Waals surface area (Å²) in [5.41, 5.74) is 1.77. The Balaban J connectivity index is 2.48. The van der Waals surface area contributed by atoms with E-state index in [1.807, 2.05) is 12.1 Å². The molecular weight excluding hydrogens is 315 g/mol. The molecule has 0 aliphatic rings. The first-order valence-electron chi connectivity index (χ1n) is 5.14. The Hall–Kier alpha value is -1.42. The van der Waals surface area contributed by atoms with Gasteiger partial charge in [0.25, 0.3) is 0 Å². The van der Waals surface area contributed by atoms with Crippen LogP contribution in [0.15, 0.2) is 52.2 Å². The van der Waals surface area contributed by atoms with Gasteiger partial charge in [0, 0.05) is 12.4 Å². The average molecular weight is 323 g/mol. The molecule has 0 spiro atoms. The first-order valence-corrected chi connectivity index (χ1v) is 6.34.